The van der Waals surface area contributed by atoms with Crippen LogP contribution >= 0.6 is 23.0 Å². The van der Waals surface area contributed by atoms with E-state index in [-0.39, 0.29) is 37.9 Å². The lowest BCUT2D eigenvalue weighted by molar-refractivity contribution is 0.481. The van der Waals surface area contributed by atoms with Gasteiger partial charge in [0.15, 0.2) is 0 Å². The summed E-state index contributed by atoms with van der Waals surface area (Å²) in [5.74, 6) is 0. The van der Waals surface area contributed by atoms with Crippen molar-refractivity contribution in [3.05, 3.63) is 84.9 Å². The highest BCUT2D eigenvalue weighted by Crippen LogP contribution is 2.38. The Morgan fingerprint density at radius 1 is 0.568 bits per heavy atom. The highest BCUT2D eigenvalue weighted by Gasteiger charge is 2.17. The van der Waals surface area contributed by atoms with Crippen molar-refractivity contribution in [1.29, 1.82) is 0 Å². The molecule has 44 heavy (non-hydrogen) atoms. The molecule has 0 unspecified atom stereocenters. The van der Waals surface area contributed by atoms with Gasteiger partial charge in [-0.25, -0.2) is 0 Å². The highest BCUT2D eigenvalue weighted by molar-refractivity contribution is 14.1. The van der Waals surface area contributed by atoms with Gasteiger partial charge >= 0.3 is 10.1 Å². The van der Waals surface area contributed by atoms with Crippen molar-refractivity contribution in [3.8, 4) is 0 Å². The Morgan fingerprint density at radius 2 is 1.07 bits per heavy atom. The summed E-state index contributed by atoms with van der Waals surface area (Å²) < 4.78 is 94.9. The molecule has 0 bridgehead atoms. The van der Waals surface area contributed by atoms with E-state index >= 15 is 0 Å². The van der Waals surface area contributed by atoms with Gasteiger partial charge in [-0.3, -0.25) is 9.11 Å². The van der Waals surface area contributed by atoms with E-state index in [4.69, 9.17) is 5.73 Å². The topological polar surface area (TPSA) is 228 Å². The summed E-state index contributed by atoms with van der Waals surface area (Å²) in [4.78, 5) is -0.948. The minimum absolute atomic E-state index is 0.151. The largest absolute Gasteiger partial charge is 0.398 e. The summed E-state index contributed by atoms with van der Waals surface area (Å²) in [5.41, 5.74) is 7.13. The number of nitrogens with zero attached hydrogens (tertiary/aromatic N) is 4. The van der Waals surface area contributed by atoms with Gasteiger partial charge in [0.1, 0.15) is 23.0 Å². The van der Waals surface area contributed by atoms with Crippen LogP contribution in [0, 0.1) is 0 Å². The molecule has 4 N–H and O–H groups in total. The molecule has 18 heteroatoms. The van der Waals surface area contributed by atoms with Gasteiger partial charge < -0.3 is 5.73 Å². The zero-order chi connectivity index (χ0) is 31.9. The fraction of sp³-hybridized carbons (Fsp3) is 0. The van der Waals surface area contributed by atoms with E-state index in [1.54, 1.807) is 6.07 Å². The summed E-state index contributed by atoms with van der Waals surface area (Å²) >= 11 is 1.25. The van der Waals surface area contributed by atoms with Crippen LogP contribution in [0.3, 0.4) is 0 Å². The third-order valence-electron chi connectivity index (χ3n) is 6.26. The predicted octanol–water partition coefficient (Wildman–Crippen LogP) is 6.95. The average molecular weight is 768 g/mol. The highest BCUT2D eigenvalue weighted by atomic mass is 127. The molecule has 0 radical (unpaired) electrons. The van der Waals surface area contributed by atoms with Crippen LogP contribution in [0.15, 0.2) is 120 Å². The van der Waals surface area contributed by atoms with Crippen molar-refractivity contribution < 1.29 is 36.9 Å². The molecule has 0 spiro atoms. The number of rotatable bonds is 8. The van der Waals surface area contributed by atoms with Crippen LogP contribution in [0.5, 0.6) is 0 Å². The number of nitrogens with two attached hydrogens (primary N) is 1. The van der Waals surface area contributed by atoms with Crippen LogP contribution in [0.1, 0.15) is 0 Å². The second-order valence-electron chi connectivity index (χ2n) is 9.06. The molecule has 0 aliphatic heterocycles. The Labute approximate surface area is 264 Å². The molecule has 0 aliphatic carbocycles. The van der Waals surface area contributed by atoms with Gasteiger partial charge in [0.2, 0.25) is 0 Å². The lowest BCUT2D eigenvalue weighted by atomic mass is 10.1. The molecule has 0 fully saturated rings. The van der Waals surface area contributed by atoms with Gasteiger partial charge in [-0.1, -0.05) is 18.2 Å². The smallest absolute Gasteiger partial charge is 0.306 e. The number of fused-ring (bicyclic) bond motifs is 2. The molecule has 0 saturated carbocycles. The van der Waals surface area contributed by atoms with Crippen molar-refractivity contribution in [2.24, 2.45) is 20.5 Å². The summed E-state index contributed by atoms with van der Waals surface area (Å²) in [6.07, 6.45) is 0. The van der Waals surface area contributed by atoms with E-state index in [9.17, 15) is 34.4 Å². The minimum atomic E-state index is -4.60. The Hall–Kier alpha value is -3.92. The van der Waals surface area contributed by atoms with Crippen LogP contribution in [0.25, 0.3) is 21.5 Å². The number of hydrogen-bond acceptors (Lipinski definition) is 12. The molecular weight excluding hydrogens is 749 g/mol. The van der Waals surface area contributed by atoms with Gasteiger partial charge in [-0.05, 0) is 66.7 Å². The summed E-state index contributed by atoms with van der Waals surface area (Å²) in [6.45, 7) is 0. The van der Waals surface area contributed by atoms with E-state index in [2.05, 4.69) is 23.0 Å². The van der Waals surface area contributed by atoms with E-state index in [0.717, 1.165) is 6.07 Å². The Morgan fingerprint density at radius 3 is 1.64 bits per heavy atom. The van der Waals surface area contributed by atoms with Crippen LogP contribution in [-0.4, -0.2) is 34.4 Å². The predicted molar refractivity (Wildman–Crippen MR) is 169 cm³/mol. The Kier molecular flexibility index (Phi) is 8.50. The van der Waals surface area contributed by atoms with E-state index in [1.165, 1.54) is 95.8 Å². The normalized spacial score (nSPS) is 13.0. The average Bonchev–Trinajstić information content (AvgIpc) is 2.98. The molecule has 0 heterocycles. The standard InChI is InChI=1S/C26H18IN5O9S3/c27-41-44(39,40)18-3-1-2-15(12-18)29-30-26-11-10-24(20-7-5-17(14-22(20)26)43(36,37)38)31-32-25-9-8-23(28)19-6-4-16(13-21(19)25)42(33,34)35/h1-14H,28H2,(H,33,34,35)(H,36,37,38)/b30-29+,32-31+. The first-order chi connectivity index (χ1) is 20.7. The zero-order valence-corrected chi connectivity index (χ0v) is 26.4. The Bertz CT molecular complexity index is 2360. The number of nitrogen functional groups attached to an aromatic ring is 1. The third kappa shape index (κ3) is 6.60. The molecule has 5 rings (SSSR count). The van der Waals surface area contributed by atoms with Crippen molar-refractivity contribution in [2.75, 3.05) is 5.73 Å². The molecule has 0 aromatic heterocycles. The first-order valence-corrected chi connectivity index (χ1v) is 17.2. The molecule has 0 amide bonds. The van der Waals surface area contributed by atoms with E-state index in [0.29, 0.717) is 21.8 Å². The molecular formula is C26H18IN5O9S3. The summed E-state index contributed by atoms with van der Waals surface area (Å²) in [7, 11) is -13.1. The monoisotopic (exact) mass is 767 g/mol. The number of halogens is 1. The van der Waals surface area contributed by atoms with Crippen LogP contribution < -0.4 is 5.73 Å². The summed E-state index contributed by atoms with van der Waals surface area (Å²) in [5, 5.41) is 18.1. The van der Waals surface area contributed by atoms with Gasteiger partial charge in [0.05, 0.1) is 37.4 Å². The minimum Gasteiger partial charge on any atom is -0.398 e. The van der Waals surface area contributed by atoms with Gasteiger partial charge in [-0.15, -0.1) is 15.3 Å². The number of anilines is 1. The van der Waals surface area contributed by atoms with Crippen LogP contribution in [0.4, 0.5) is 28.4 Å². The molecule has 5 aromatic rings. The number of azo groups is 2. The molecule has 0 aliphatic rings. The molecule has 14 nitrogen and oxygen atoms in total. The molecule has 226 valence electrons. The fourth-order valence-corrected chi connectivity index (χ4v) is 6.39. The summed E-state index contributed by atoms with van der Waals surface area (Å²) in [6, 6.07) is 19.1. The fourth-order valence-electron chi connectivity index (χ4n) is 4.17. The van der Waals surface area contributed by atoms with Gasteiger partial charge in [0.25, 0.3) is 20.2 Å². The maximum atomic E-state index is 12.0. The van der Waals surface area contributed by atoms with Crippen molar-refractivity contribution in [2.45, 2.75) is 14.7 Å². The van der Waals surface area contributed by atoms with Gasteiger partial charge in [-0.2, -0.15) is 32.9 Å². The lowest BCUT2D eigenvalue weighted by Gasteiger charge is -2.08. The zero-order valence-electron chi connectivity index (χ0n) is 21.8. The maximum Gasteiger partial charge on any atom is 0.306 e. The number of hydrogen-bond donors (Lipinski definition) is 3. The van der Waals surface area contributed by atoms with Crippen molar-refractivity contribution in [3.63, 3.8) is 0 Å². The SMILES string of the molecule is Nc1ccc(/N=N/c2ccc(/N=N/c3cccc(S(=O)(=O)OI)c3)c3cc(S(=O)(=O)O)ccc23)c2cc(S(=O)(=O)O)ccc12. The number of benzene rings is 5. The van der Waals surface area contributed by atoms with Gasteiger partial charge in [0, 0.05) is 27.2 Å². The second kappa shape index (κ2) is 11.9. The molecule has 0 saturated heterocycles. The molecule has 5 aromatic carbocycles. The lowest BCUT2D eigenvalue weighted by Crippen LogP contribution is -1.98. The maximum absolute atomic E-state index is 12.0. The van der Waals surface area contributed by atoms with Crippen molar-refractivity contribution in [1.82, 2.24) is 0 Å². The van der Waals surface area contributed by atoms with E-state index in [1.807, 2.05) is 0 Å². The first kappa shape index (κ1) is 31.5. The van der Waals surface area contributed by atoms with E-state index < -0.39 is 35.2 Å². The third-order valence-corrected chi connectivity index (χ3v) is 10.4. The first-order valence-electron chi connectivity index (χ1n) is 12.0. The van der Waals surface area contributed by atoms with Crippen molar-refractivity contribution >= 4 is 103 Å². The van der Waals surface area contributed by atoms with Crippen LogP contribution in [0.2, 0.25) is 0 Å². The second-order valence-corrected chi connectivity index (χ2v) is 14.5. The molecule has 0 atom stereocenters. The van der Waals surface area contributed by atoms with Crippen LogP contribution in [-0.2, 0) is 32.9 Å². The Balaban J connectivity index is 1.63. The quantitative estimate of drug-likeness (QED) is 0.0637.